The first-order valence-corrected chi connectivity index (χ1v) is 11.7. The summed E-state index contributed by atoms with van der Waals surface area (Å²) in [5.74, 6) is 0. The fourth-order valence-electron chi connectivity index (χ4n) is 4.11. The predicted molar refractivity (Wildman–Crippen MR) is 140 cm³/mol. The molecule has 0 aromatic heterocycles. The highest BCUT2D eigenvalue weighted by Gasteiger charge is 2.31. The Kier molecular flexibility index (Phi) is 5.98. The Morgan fingerprint density at radius 1 is 0.879 bits per heavy atom. The molecule has 1 aliphatic carbocycles. The van der Waals surface area contributed by atoms with Gasteiger partial charge in [-0.05, 0) is 86.7 Å². The van der Waals surface area contributed by atoms with Crippen molar-refractivity contribution >= 4 is 51.7 Å². The first-order valence-electron chi connectivity index (χ1n) is 10.9. The third-order valence-corrected chi connectivity index (χ3v) is 6.05. The normalized spacial score (nSPS) is 17.1. The van der Waals surface area contributed by atoms with Gasteiger partial charge in [0.2, 0.25) is 0 Å². The molecule has 5 rings (SSSR count). The summed E-state index contributed by atoms with van der Waals surface area (Å²) >= 11 is 12.3. The quantitative estimate of drug-likeness (QED) is 0.402. The lowest BCUT2D eigenvalue weighted by Gasteiger charge is -2.36. The van der Waals surface area contributed by atoms with Crippen molar-refractivity contribution in [1.82, 2.24) is 5.32 Å². The molecule has 166 valence electrons. The molecule has 1 aliphatic heterocycles. The van der Waals surface area contributed by atoms with Gasteiger partial charge in [-0.3, -0.25) is 0 Å². The van der Waals surface area contributed by atoms with E-state index in [-0.39, 0.29) is 6.04 Å². The zero-order valence-corrected chi connectivity index (χ0v) is 19.9. The number of aliphatic imine (C=N–C) groups is 1. The van der Waals surface area contributed by atoms with E-state index in [4.69, 9.17) is 28.2 Å². The summed E-state index contributed by atoms with van der Waals surface area (Å²) in [6.07, 6.45) is 4.37. The molecule has 3 aromatic rings. The average molecular weight is 475 g/mol. The number of para-hydroxylation sites is 2. The number of rotatable bonds is 5. The second kappa shape index (κ2) is 9.06. The van der Waals surface area contributed by atoms with Crippen LogP contribution in [0.3, 0.4) is 0 Å². The standard InChI is InChI=1S/C27H24Cl2N4/c1-17(2)30-24-16-27-25(15-23(24)31-20-11-7-18(28)8-12-20)32-22-5-3-4-6-26(22)33(27)21-13-9-19(29)10-14-21/h3-17,24,30-31H,1-2H3. The highest BCUT2D eigenvalue weighted by molar-refractivity contribution is 6.31. The van der Waals surface area contributed by atoms with E-state index in [0.717, 1.165) is 39.9 Å². The van der Waals surface area contributed by atoms with Crippen LogP contribution in [-0.2, 0) is 0 Å². The number of allylic oxidation sites excluding steroid dienone is 1. The Hall–Kier alpha value is -3.05. The minimum absolute atomic E-state index is 0.0188. The second-order valence-corrected chi connectivity index (χ2v) is 9.25. The number of benzene rings is 3. The Morgan fingerprint density at radius 3 is 2.24 bits per heavy atom. The molecular weight excluding hydrogens is 451 g/mol. The fraction of sp³-hybridized carbons (Fsp3) is 0.148. The minimum atomic E-state index is -0.0188. The molecule has 4 nitrogen and oxygen atoms in total. The maximum absolute atomic E-state index is 6.18. The molecule has 0 saturated carbocycles. The molecule has 6 heteroatoms. The van der Waals surface area contributed by atoms with Gasteiger partial charge >= 0.3 is 0 Å². The highest BCUT2D eigenvalue weighted by Crippen LogP contribution is 2.43. The zero-order valence-electron chi connectivity index (χ0n) is 18.4. The second-order valence-electron chi connectivity index (χ2n) is 8.38. The van der Waals surface area contributed by atoms with Crippen LogP contribution in [0.4, 0.5) is 22.7 Å². The van der Waals surface area contributed by atoms with E-state index in [1.54, 1.807) is 0 Å². The maximum atomic E-state index is 6.18. The molecule has 2 aliphatic rings. The van der Waals surface area contributed by atoms with E-state index in [0.29, 0.717) is 16.1 Å². The van der Waals surface area contributed by atoms with Crippen molar-refractivity contribution in [2.45, 2.75) is 25.9 Å². The van der Waals surface area contributed by atoms with Crippen LogP contribution in [0.25, 0.3) is 0 Å². The van der Waals surface area contributed by atoms with E-state index in [1.807, 2.05) is 66.7 Å². The minimum Gasteiger partial charge on any atom is -0.357 e. The summed E-state index contributed by atoms with van der Waals surface area (Å²) in [6.45, 7) is 4.30. The number of nitrogens with one attached hydrogen (secondary N) is 2. The van der Waals surface area contributed by atoms with Crippen LogP contribution in [0.2, 0.25) is 10.0 Å². The Balaban J connectivity index is 1.61. The molecule has 3 aromatic carbocycles. The average Bonchev–Trinajstić information content (AvgIpc) is 2.80. The fourth-order valence-corrected chi connectivity index (χ4v) is 4.36. The summed E-state index contributed by atoms with van der Waals surface area (Å²) in [5.41, 5.74) is 6.96. The van der Waals surface area contributed by atoms with Gasteiger partial charge in [-0.2, -0.15) is 0 Å². The number of halogens is 2. The number of hydrogen-bond acceptors (Lipinski definition) is 4. The molecule has 0 saturated heterocycles. The highest BCUT2D eigenvalue weighted by atomic mass is 35.5. The monoisotopic (exact) mass is 474 g/mol. The molecule has 1 unspecified atom stereocenters. The lowest BCUT2D eigenvalue weighted by atomic mass is 9.97. The van der Waals surface area contributed by atoms with Crippen molar-refractivity contribution in [2.75, 3.05) is 10.2 Å². The summed E-state index contributed by atoms with van der Waals surface area (Å²) < 4.78 is 0. The van der Waals surface area contributed by atoms with Gasteiger partial charge in [0.25, 0.3) is 0 Å². The number of nitrogens with zero attached hydrogens (tertiary/aromatic N) is 2. The summed E-state index contributed by atoms with van der Waals surface area (Å²) in [4.78, 5) is 7.24. The van der Waals surface area contributed by atoms with Gasteiger partial charge in [0.1, 0.15) is 0 Å². The molecule has 0 fully saturated rings. The van der Waals surface area contributed by atoms with Gasteiger partial charge in [-0.15, -0.1) is 0 Å². The molecule has 33 heavy (non-hydrogen) atoms. The van der Waals surface area contributed by atoms with Crippen LogP contribution >= 0.6 is 23.2 Å². The number of fused-ring (bicyclic) bond motifs is 2. The van der Waals surface area contributed by atoms with Crippen LogP contribution in [0, 0.1) is 0 Å². The first-order chi connectivity index (χ1) is 16.0. The Bertz CT molecular complexity index is 1260. The van der Waals surface area contributed by atoms with E-state index in [2.05, 4.69) is 47.6 Å². The topological polar surface area (TPSA) is 39.7 Å². The summed E-state index contributed by atoms with van der Waals surface area (Å²) in [7, 11) is 0. The van der Waals surface area contributed by atoms with Crippen LogP contribution in [0.15, 0.2) is 101 Å². The number of hydrogen-bond donors (Lipinski definition) is 2. The van der Waals surface area contributed by atoms with Crippen molar-refractivity contribution < 1.29 is 0 Å². The van der Waals surface area contributed by atoms with Crippen LogP contribution in [0.1, 0.15) is 13.8 Å². The van der Waals surface area contributed by atoms with Crippen molar-refractivity contribution in [3.63, 3.8) is 0 Å². The third kappa shape index (κ3) is 4.55. The lowest BCUT2D eigenvalue weighted by molar-refractivity contribution is 0.561. The van der Waals surface area contributed by atoms with Crippen molar-refractivity contribution in [3.8, 4) is 0 Å². The summed E-state index contributed by atoms with van der Waals surface area (Å²) in [6, 6.07) is 24.1. The number of anilines is 3. The maximum Gasteiger partial charge on any atom is 0.0893 e. The van der Waals surface area contributed by atoms with E-state index < -0.39 is 0 Å². The third-order valence-electron chi connectivity index (χ3n) is 5.55. The van der Waals surface area contributed by atoms with E-state index in [1.165, 1.54) is 0 Å². The van der Waals surface area contributed by atoms with Gasteiger partial charge in [0, 0.05) is 33.2 Å². The van der Waals surface area contributed by atoms with Crippen molar-refractivity contribution in [3.05, 3.63) is 106 Å². The molecular formula is C27H24Cl2N4. The molecule has 1 atom stereocenters. The van der Waals surface area contributed by atoms with Crippen molar-refractivity contribution in [2.24, 2.45) is 4.99 Å². The molecule has 0 spiro atoms. The first kappa shape index (κ1) is 21.8. The van der Waals surface area contributed by atoms with Crippen LogP contribution in [-0.4, -0.2) is 17.8 Å². The van der Waals surface area contributed by atoms with Gasteiger partial charge in [0.05, 0.1) is 28.8 Å². The SMILES string of the molecule is CC(C)NC1C=C2C(=Nc3ccccc3N2c2ccc(Cl)cc2)C=C1Nc1ccc(Cl)cc1. The Labute approximate surface area is 204 Å². The van der Waals surface area contributed by atoms with Gasteiger partial charge in [-0.1, -0.05) is 35.3 Å². The summed E-state index contributed by atoms with van der Waals surface area (Å²) in [5, 5.41) is 8.65. The van der Waals surface area contributed by atoms with Crippen LogP contribution < -0.4 is 15.5 Å². The lowest BCUT2D eigenvalue weighted by Crippen LogP contribution is -2.41. The predicted octanol–water partition coefficient (Wildman–Crippen LogP) is 7.48. The Morgan fingerprint density at radius 2 is 1.55 bits per heavy atom. The largest absolute Gasteiger partial charge is 0.357 e. The zero-order chi connectivity index (χ0) is 22.9. The van der Waals surface area contributed by atoms with E-state index in [9.17, 15) is 0 Å². The molecule has 1 heterocycles. The van der Waals surface area contributed by atoms with E-state index >= 15 is 0 Å². The molecule has 0 radical (unpaired) electrons. The molecule has 0 amide bonds. The van der Waals surface area contributed by atoms with Gasteiger partial charge < -0.3 is 15.5 Å². The van der Waals surface area contributed by atoms with Crippen LogP contribution in [0.5, 0.6) is 0 Å². The van der Waals surface area contributed by atoms with Gasteiger partial charge in [0.15, 0.2) is 0 Å². The smallest absolute Gasteiger partial charge is 0.0893 e. The van der Waals surface area contributed by atoms with Gasteiger partial charge in [-0.25, -0.2) is 4.99 Å². The molecule has 2 N–H and O–H groups in total. The van der Waals surface area contributed by atoms with Crippen molar-refractivity contribution in [1.29, 1.82) is 0 Å². The molecule has 0 bridgehead atoms.